The fourth-order valence-corrected chi connectivity index (χ4v) is 8.97. The summed E-state index contributed by atoms with van der Waals surface area (Å²) in [5.41, 5.74) is 5.72. The van der Waals surface area contributed by atoms with Gasteiger partial charge in [-0.05, 0) is 91.5 Å². The predicted molar refractivity (Wildman–Crippen MR) is 229 cm³/mol. The number of hydrogen-bond acceptors (Lipinski definition) is 14. The normalized spacial score (nSPS) is 16.7. The second-order valence-corrected chi connectivity index (χ2v) is 17.1. The van der Waals surface area contributed by atoms with Crippen LogP contribution in [-0.4, -0.2) is 92.3 Å². The van der Waals surface area contributed by atoms with Gasteiger partial charge in [-0.3, -0.25) is 9.80 Å². The van der Waals surface area contributed by atoms with E-state index in [0.717, 1.165) is 117 Å². The Kier molecular flexibility index (Phi) is 13.9. The average Bonchev–Trinajstić information content (AvgIpc) is 3.77. The number of hydrogen-bond donors (Lipinski definition) is 0. The number of aromatic nitrogens is 6. The standard InChI is InChI=1S/2C21H26N4O2S.CH4/c2*1-13-11-17(12-20(22-13)26-4)27-16-7-9-25(10-8-16)14(2)18-5-6-19-21(24-18)23-15(3)28-19;/h2*5-6,11-12,14,16H,7-10H2,1-4H3;1H4/t2*14-;/m10./s1. The molecule has 8 heterocycles. The van der Waals surface area contributed by atoms with Gasteiger partial charge in [-0.15, -0.1) is 22.7 Å². The van der Waals surface area contributed by atoms with Gasteiger partial charge in [-0.25, -0.2) is 29.9 Å². The number of thiazole rings is 2. The summed E-state index contributed by atoms with van der Waals surface area (Å²) in [4.78, 5) is 32.2. The molecule has 14 heteroatoms. The van der Waals surface area contributed by atoms with Crippen LogP contribution in [0.15, 0.2) is 48.5 Å². The molecule has 2 aliphatic rings. The van der Waals surface area contributed by atoms with Crippen LogP contribution in [0.4, 0.5) is 0 Å². The van der Waals surface area contributed by atoms with Gasteiger partial charge in [0.05, 0.1) is 45.0 Å². The Hall–Kier alpha value is -4.50. The van der Waals surface area contributed by atoms with Gasteiger partial charge in [-0.2, -0.15) is 0 Å². The lowest BCUT2D eigenvalue weighted by molar-refractivity contribution is 0.0783. The molecule has 2 aliphatic heterocycles. The molecular weight excluding hydrogens is 757 g/mol. The summed E-state index contributed by atoms with van der Waals surface area (Å²) in [5, 5.41) is 2.13. The largest absolute Gasteiger partial charge is 0.490 e. The van der Waals surface area contributed by atoms with Crippen molar-refractivity contribution in [2.24, 2.45) is 0 Å². The van der Waals surface area contributed by atoms with E-state index in [2.05, 4.69) is 67.8 Å². The molecule has 12 nitrogen and oxygen atoms in total. The van der Waals surface area contributed by atoms with Gasteiger partial charge < -0.3 is 18.9 Å². The van der Waals surface area contributed by atoms with E-state index in [4.69, 9.17) is 28.9 Å². The van der Waals surface area contributed by atoms with Crippen LogP contribution < -0.4 is 18.9 Å². The van der Waals surface area contributed by atoms with E-state index in [1.54, 1.807) is 36.9 Å². The van der Waals surface area contributed by atoms with Crippen LogP contribution in [0.25, 0.3) is 20.7 Å². The third kappa shape index (κ3) is 10.5. The van der Waals surface area contributed by atoms with Crippen molar-refractivity contribution in [2.45, 2.75) is 98.9 Å². The van der Waals surface area contributed by atoms with Gasteiger partial charge >= 0.3 is 0 Å². The fourth-order valence-electron chi connectivity index (χ4n) is 7.43. The first-order valence-electron chi connectivity index (χ1n) is 19.4. The number of aryl methyl sites for hydroxylation is 4. The predicted octanol–water partition coefficient (Wildman–Crippen LogP) is 9.27. The minimum Gasteiger partial charge on any atom is -0.490 e. The molecule has 8 rings (SSSR count). The van der Waals surface area contributed by atoms with Gasteiger partial charge in [0, 0.05) is 73.9 Å². The van der Waals surface area contributed by atoms with Gasteiger partial charge in [0.25, 0.3) is 0 Å². The molecule has 0 amide bonds. The Morgan fingerprint density at radius 2 is 0.947 bits per heavy atom. The van der Waals surface area contributed by atoms with Crippen molar-refractivity contribution in [2.75, 3.05) is 40.4 Å². The van der Waals surface area contributed by atoms with E-state index in [1.807, 2.05) is 52.0 Å². The summed E-state index contributed by atoms with van der Waals surface area (Å²) < 4.78 is 25.2. The molecule has 0 spiro atoms. The summed E-state index contributed by atoms with van der Waals surface area (Å²) in [7, 11) is 3.26. The van der Waals surface area contributed by atoms with Crippen LogP contribution in [0.1, 0.15) is 91.8 Å². The summed E-state index contributed by atoms with van der Waals surface area (Å²) >= 11 is 3.39. The number of methoxy groups -OCH3 is 2. The Morgan fingerprint density at radius 1 is 0.561 bits per heavy atom. The Labute approximate surface area is 344 Å². The van der Waals surface area contributed by atoms with Crippen LogP contribution >= 0.6 is 22.7 Å². The Balaban J connectivity index is 0.000000189. The van der Waals surface area contributed by atoms with E-state index in [1.165, 1.54) is 0 Å². The monoisotopic (exact) mass is 812 g/mol. The molecule has 0 saturated carbocycles. The summed E-state index contributed by atoms with van der Waals surface area (Å²) in [6, 6.07) is 16.8. The van der Waals surface area contributed by atoms with Crippen molar-refractivity contribution >= 4 is 43.4 Å². The van der Waals surface area contributed by atoms with E-state index in [0.29, 0.717) is 11.8 Å². The SMILES string of the molecule is C.COc1cc(OC2CCN([C@@H](C)c3ccc4sc(C)nc4n3)CC2)cc(C)n1.COc1cc(OC2CCN([C@H](C)c3ccc4sc(C)nc4n3)CC2)cc(C)n1. The Bertz CT molecular complexity index is 2090. The molecule has 57 heavy (non-hydrogen) atoms. The summed E-state index contributed by atoms with van der Waals surface area (Å²) in [6.07, 6.45) is 4.40. The molecule has 0 radical (unpaired) electrons. The molecule has 6 aromatic heterocycles. The molecule has 0 aromatic carbocycles. The van der Waals surface area contributed by atoms with Gasteiger partial charge in [-0.1, -0.05) is 7.43 Å². The van der Waals surface area contributed by atoms with E-state index in [9.17, 15) is 0 Å². The van der Waals surface area contributed by atoms with Crippen LogP contribution in [0.5, 0.6) is 23.3 Å². The lowest BCUT2D eigenvalue weighted by Crippen LogP contribution is -2.39. The lowest BCUT2D eigenvalue weighted by Gasteiger charge is -2.35. The first-order chi connectivity index (χ1) is 27.0. The molecular formula is C43H56N8O4S2. The third-order valence-corrected chi connectivity index (χ3v) is 12.3. The van der Waals surface area contributed by atoms with Crippen LogP contribution in [0.3, 0.4) is 0 Å². The Morgan fingerprint density at radius 3 is 1.32 bits per heavy atom. The van der Waals surface area contributed by atoms with Gasteiger partial charge in [0.2, 0.25) is 11.8 Å². The quantitative estimate of drug-likeness (QED) is 0.131. The second kappa shape index (κ2) is 18.8. The second-order valence-electron chi connectivity index (χ2n) is 14.6. The number of rotatable bonds is 10. The highest BCUT2D eigenvalue weighted by Gasteiger charge is 2.27. The van der Waals surface area contributed by atoms with Gasteiger partial charge in [0.1, 0.15) is 23.7 Å². The maximum absolute atomic E-state index is 6.20. The molecule has 0 N–H and O–H groups in total. The summed E-state index contributed by atoms with van der Waals surface area (Å²) in [5.74, 6) is 2.86. The van der Waals surface area contributed by atoms with Crippen molar-refractivity contribution in [1.82, 2.24) is 39.7 Å². The number of pyridine rings is 4. The molecule has 2 fully saturated rings. The zero-order chi connectivity index (χ0) is 39.3. The molecule has 304 valence electrons. The van der Waals surface area contributed by atoms with Crippen molar-refractivity contribution in [3.63, 3.8) is 0 Å². The molecule has 2 saturated heterocycles. The molecule has 2 atom stereocenters. The third-order valence-electron chi connectivity index (χ3n) is 10.5. The lowest BCUT2D eigenvalue weighted by atomic mass is 10.0. The first kappa shape index (κ1) is 42.1. The number of fused-ring (bicyclic) bond motifs is 2. The maximum Gasteiger partial charge on any atom is 0.216 e. The van der Waals surface area contributed by atoms with E-state index >= 15 is 0 Å². The number of piperidine rings is 2. The summed E-state index contributed by atoms with van der Waals surface area (Å²) in [6.45, 7) is 16.4. The van der Waals surface area contributed by atoms with Crippen LogP contribution in [0.2, 0.25) is 0 Å². The first-order valence-corrected chi connectivity index (χ1v) is 21.0. The molecule has 0 unspecified atom stereocenters. The minimum absolute atomic E-state index is 0. The highest BCUT2D eigenvalue weighted by atomic mass is 32.1. The van der Waals surface area contributed by atoms with Crippen molar-refractivity contribution in [3.8, 4) is 23.3 Å². The number of likely N-dealkylation sites (tertiary alicyclic amines) is 2. The van der Waals surface area contributed by atoms with Crippen LogP contribution in [-0.2, 0) is 0 Å². The maximum atomic E-state index is 6.20. The topological polar surface area (TPSA) is 121 Å². The van der Waals surface area contributed by atoms with Crippen molar-refractivity contribution < 1.29 is 18.9 Å². The molecule has 0 aliphatic carbocycles. The highest BCUT2D eigenvalue weighted by Crippen LogP contribution is 2.31. The van der Waals surface area contributed by atoms with Crippen molar-refractivity contribution in [3.05, 3.63) is 81.3 Å². The number of nitrogens with zero attached hydrogens (tertiary/aromatic N) is 8. The van der Waals surface area contributed by atoms with E-state index < -0.39 is 0 Å². The minimum atomic E-state index is 0. The van der Waals surface area contributed by atoms with Gasteiger partial charge in [0.15, 0.2) is 11.3 Å². The molecule has 6 aromatic rings. The highest BCUT2D eigenvalue weighted by molar-refractivity contribution is 7.18. The average molecular weight is 813 g/mol. The van der Waals surface area contributed by atoms with Crippen molar-refractivity contribution in [1.29, 1.82) is 0 Å². The zero-order valence-electron chi connectivity index (χ0n) is 33.6. The zero-order valence-corrected chi connectivity index (χ0v) is 35.2. The van der Waals surface area contributed by atoms with Crippen LogP contribution in [0, 0.1) is 27.7 Å². The van der Waals surface area contributed by atoms with E-state index in [-0.39, 0.29) is 31.7 Å². The smallest absolute Gasteiger partial charge is 0.216 e. The molecule has 0 bridgehead atoms. The number of ether oxygens (including phenoxy) is 4. The fraction of sp³-hybridized carbons (Fsp3) is 0.488.